The first kappa shape index (κ1) is 18.9. The van der Waals surface area contributed by atoms with Gasteiger partial charge in [-0.2, -0.15) is 0 Å². The van der Waals surface area contributed by atoms with E-state index in [4.69, 9.17) is 0 Å². The van der Waals surface area contributed by atoms with Crippen LogP contribution in [0.3, 0.4) is 0 Å². The van der Waals surface area contributed by atoms with E-state index < -0.39 is 0 Å². The predicted octanol–water partition coefficient (Wildman–Crippen LogP) is 4.42. The SMILES string of the molecule is CC(CC(=O)Nc1ccc2c(c1)N(C(=O)c1cccnc1)CC2)c1ccccc1. The molecule has 0 bridgehead atoms. The lowest BCUT2D eigenvalue weighted by molar-refractivity contribution is -0.116. The maximum absolute atomic E-state index is 12.8. The summed E-state index contributed by atoms with van der Waals surface area (Å²) in [5.74, 6) is 0.0248. The number of nitrogens with zero attached hydrogens (tertiary/aromatic N) is 2. The Bertz CT molecular complexity index is 1020. The highest BCUT2D eigenvalue weighted by molar-refractivity contribution is 6.07. The van der Waals surface area contributed by atoms with Crippen molar-refractivity contribution in [3.8, 4) is 0 Å². The molecule has 1 atom stereocenters. The van der Waals surface area contributed by atoms with Crippen LogP contribution in [0.1, 0.15) is 40.7 Å². The van der Waals surface area contributed by atoms with Gasteiger partial charge in [0.05, 0.1) is 5.56 Å². The van der Waals surface area contributed by atoms with Gasteiger partial charge in [-0.15, -0.1) is 0 Å². The Balaban J connectivity index is 1.47. The Kier molecular flexibility index (Phi) is 5.38. The summed E-state index contributed by atoms with van der Waals surface area (Å²) in [7, 11) is 0. The maximum Gasteiger partial charge on any atom is 0.259 e. The summed E-state index contributed by atoms with van der Waals surface area (Å²) in [6.45, 7) is 2.68. The summed E-state index contributed by atoms with van der Waals surface area (Å²) < 4.78 is 0. The molecule has 5 heteroatoms. The van der Waals surface area contributed by atoms with Crippen LogP contribution in [0.2, 0.25) is 0 Å². The molecule has 1 aromatic heterocycles. The molecular weight excluding hydrogens is 362 g/mol. The number of rotatable bonds is 5. The van der Waals surface area contributed by atoms with Gasteiger partial charge in [-0.05, 0) is 47.7 Å². The summed E-state index contributed by atoms with van der Waals surface area (Å²) in [6, 6.07) is 19.3. The monoisotopic (exact) mass is 385 g/mol. The van der Waals surface area contributed by atoms with Gasteiger partial charge in [0.2, 0.25) is 5.91 Å². The van der Waals surface area contributed by atoms with Gasteiger partial charge >= 0.3 is 0 Å². The largest absolute Gasteiger partial charge is 0.326 e. The van der Waals surface area contributed by atoms with Crippen LogP contribution in [-0.2, 0) is 11.2 Å². The number of benzene rings is 2. The number of hydrogen-bond acceptors (Lipinski definition) is 3. The molecule has 1 aliphatic heterocycles. The number of carbonyl (C=O) groups excluding carboxylic acids is 2. The standard InChI is InChI=1S/C24H23N3O2/c1-17(18-6-3-2-4-7-18)14-23(28)26-21-10-9-19-11-13-27(22(19)15-21)24(29)20-8-5-12-25-16-20/h2-10,12,15-17H,11,13-14H2,1H3,(H,26,28). The number of nitrogens with one attached hydrogen (secondary N) is 1. The number of carbonyl (C=O) groups is 2. The molecule has 5 nitrogen and oxygen atoms in total. The van der Waals surface area contributed by atoms with Crippen molar-refractivity contribution in [3.05, 3.63) is 89.7 Å². The lowest BCUT2D eigenvalue weighted by Gasteiger charge is -2.18. The third-order valence-electron chi connectivity index (χ3n) is 5.28. The Labute approximate surface area is 170 Å². The number of hydrogen-bond donors (Lipinski definition) is 1. The van der Waals surface area contributed by atoms with Gasteiger partial charge < -0.3 is 10.2 Å². The predicted molar refractivity (Wildman–Crippen MR) is 114 cm³/mol. The van der Waals surface area contributed by atoms with Crippen LogP contribution in [-0.4, -0.2) is 23.3 Å². The zero-order valence-corrected chi connectivity index (χ0v) is 16.3. The van der Waals surface area contributed by atoms with Crippen molar-refractivity contribution < 1.29 is 9.59 Å². The fourth-order valence-electron chi connectivity index (χ4n) is 3.70. The topological polar surface area (TPSA) is 62.3 Å². The summed E-state index contributed by atoms with van der Waals surface area (Å²) in [5.41, 5.74) is 4.38. The zero-order valence-electron chi connectivity index (χ0n) is 16.3. The van der Waals surface area contributed by atoms with Crippen LogP contribution in [0.4, 0.5) is 11.4 Å². The lowest BCUT2D eigenvalue weighted by Crippen LogP contribution is -2.29. The van der Waals surface area contributed by atoms with E-state index in [9.17, 15) is 9.59 Å². The highest BCUT2D eigenvalue weighted by Crippen LogP contribution is 2.32. The fourth-order valence-corrected chi connectivity index (χ4v) is 3.70. The molecule has 146 valence electrons. The summed E-state index contributed by atoms with van der Waals surface area (Å²) >= 11 is 0. The van der Waals surface area contributed by atoms with Crippen molar-refractivity contribution in [3.63, 3.8) is 0 Å². The van der Waals surface area contributed by atoms with Gasteiger partial charge in [-0.3, -0.25) is 14.6 Å². The van der Waals surface area contributed by atoms with Gasteiger partial charge in [0.1, 0.15) is 0 Å². The van der Waals surface area contributed by atoms with Crippen molar-refractivity contribution in [1.29, 1.82) is 0 Å². The summed E-state index contributed by atoms with van der Waals surface area (Å²) in [6.07, 6.45) is 4.44. The molecule has 4 rings (SSSR count). The second-order valence-corrected chi connectivity index (χ2v) is 7.36. The number of anilines is 2. The number of fused-ring (bicyclic) bond motifs is 1. The van der Waals surface area contributed by atoms with Crippen molar-refractivity contribution in [2.75, 3.05) is 16.8 Å². The lowest BCUT2D eigenvalue weighted by atomic mass is 9.97. The second kappa shape index (κ2) is 8.27. The van der Waals surface area contributed by atoms with Crippen molar-refractivity contribution in [1.82, 2.24) is 4.98 Å². The Morgan fingerprint density at radius 3 is 2.69 bits per heavy atom. The van der Waals surface area contributed by atoms with Crippen LogP contribution in [0.25, 0.3) is 0 Å². The average Bonchev–Trinajstić information content (AvgIpc) is 3.17. The molecule has 2 amide bonds. The third-order valence-corrected chi connectivity index (χ3v) is 5.28. The Hall–Kier alpha value is -3.47. The smallest absolute Gasteiger partial charge is 0.259 e. The molecule has 0 fully saturated rings. The quantitative estimate of drug-likeness (QED) is 0.707. The molecule has 1 N–H and O–H groups in total. The van der Waals surface area contributed by atoms with E-state index in [-0.39, 0.29) is 17.7 Å². The molecule has 1 unspecified atom stereocenters. The number of pyridine rings is 1. The molecule has 0 saturated heterocycles. The van der Waals surface area contributed by atoms with E-state index in [0.29, 0.717) is 24.2 Å². The van der Waals surface area contributed by atoms with E-state index in [1.165, 1.54) is 0 Å². The van der Waals surface area contributed by atoms with Crippen molar-refractivity contribution >= 4 is 23.2 Å². The third kappa shape index (κ3) is 4.19. The minimum atomic E-state index is -0.0713. The fraction of sp³-hybridized carbons (Fsp3) is 0.208. The van der Waals surface area contributed by atoms with Crippen LogP contribution < -0.4 is 10.2 Å². The molecule has 2 aromatic carbocycles. The van der Waals surface area contributed by atoms with Gasteiger partial charge in [0.25, 0.3) is 5.91 Å². The first-order valence-corrected chi connectivity index (χ1v) is 9.81. The number of amides is 2. The first-order valence-electron chi connectivity index (χ1n) is 9.81. The van der Waals surface area contributed by atoms with Gasteiger partial charge in [0.15, 0.2) is 0 Å². The highest BCUT2D eigenvalue weighted by Gasteiger charge is 2.26. The summed E-state index contributed by atoms with van der Waals surface area (Å²) in [5, 5.41) is 2.98. The first-order chi connectivity index (χ1) is 14.1. The van der Waals surface area contributed by atoms with Gasteiger partial charge in [-0.25, -0.2) is 0 Å². The molecule has 2 heterocycles. The molecule has 0 radical (unpaired) electrons. The van der Waals surface area contributed by atoms with E-state index >= 15 is 0 Å². The molecular formula is C24H23N3O2. The molecule has 1 aliphatic rings. The molecule has 0 aliphatic carbocycles. The average molecular weight is 385 g/mol. The van der Waals surface area contributed by atoms with Crippen molar-refractivity contribution in [2.24, 2.45) is 0 Å². The Morgan fingerprint density at radius 1 is 1.10 bits per heavy atom. The van der Waals surface area contributed by atoms with E-state index in [1.54, 1.807) is 29.4 Å². The zero-order chi connectivity index (χ0) is 20.2. The van der Waals surface area contributed by atoms with Crippen LogP contribution in [0.5, 0.6) is 0 Å². The van der Waals surface area contributed by atoms with Gasteiger partial charge in [0, 0.05) is 36.7 Å². The molecule has 29 heavy (non-hydrogen) atoms. The van der Waals surface area contributed by atoms with E-state index in [1.807, 2.05) is 55.5 Å². The van der Waals surface area contributed by atoms with Gasteiger partial charge in [-0.1, -0.05) is 43.3 Å². The number of aromatic nitrogens is 1. The van der Waals surface area contributed by atoms with Crippen LogP contribution in [0, 0.1) is 0 Å². The van der Waals surface area contributed by atoms with Crippen LogP contribution in [0.15, 0.2) is 73.1 Å². The maximum atomic E-state index is 12.8. The highest BCUT2D eigenvalue weighted by atomic mass is 16.2. The second-order valence-electron chi connectivity index (χ2n) is 7.36. The summed E-state index contributed by atoms with van der Waals surface area (Å²) in [4.78, 5) is 31.2. The van der Waals surface area contributed by atoms with E-state index in [2.05, 4.69) is 10.3 Å². The molecule has 0 spiro atoms. The normalized spacial score (nSPS) is 13.6. The van der Waals surface area contributed by atoms with E-state index in [0.717, 1.165) is 23.2 Å². The van der Waals surface area contributed by atoms with Crippen molar-refractivity contribution in [2.45, 2.75) is 25.7 Å². The molecule has 3 aromatic rings. The molecule has 0 saturated carbocycles. The minimum Gasteiger partial charge on any atom is -0.326 e. The minimum absolute atomic E-state index is 0.0376. The van der Waals surface area contributed by atoms with Crippen LogP contribution >= 0.6 is 0 Å². The Morgan fingerprint density at radius 2 is 1.93 bits per heavy atom.